The molecule has 0 heterocycles. The molecule has 0 fully saturated rings. The molecule has 0 aliphatic heterocycles. The maximum Gasteiger partial charge on any atom is 0.306 e. The number of quaternary nitrogens is 1. The van der Waals surface area contributed by atoms with Gasteiger partial charge in [0.05, 0.1) is 27.7 Å². The number of carbonyl (C=O) groups is 2. The van der Waals surface area contributed by atoms with Crippen LogP contribution in [0.15, 0.2) is 72.9 Å². The molecule has 0 saturated heterocycles. The maximum atomic E-state index is 12.6. The second kappa shape index (κ2) is 32.4. The fourth-order valence-corrected chi connectivity index (χ4v) is 5.09. The number of hydrogen-bond acceptors (Lipinski definition) is 8. The van der Waals surface area contributed by atoms with Gasteiger partial charge >= 0.3 is 11.9 Å². The van der Waals surface area contributed by atoms with Crippen LogP contribution in [0.1, 0.15) is 117 Å². The van der Waals surface area contributed by atoms with E-state index >= 15 is 0 Å². The van der Waals surface area contributed by atoms with Crippen molar-refractivity contribution in [3.63, 3.8) is 0 Å². The van der Waals surface area contributed by atoms with E-state index in [4.69, 9.17) is 18.5 Å². The van der Waals surface area contributed by atoms with E-state index in [1.807, 2.05) is 69.8 Å². The molecule has 0 rings (SSSR count). The van der Waals surface area contributed by atoms with Crippen LogP contribution in [0.25, 0.3) is 0 Å². The van der Waals surface area contributed by atoms with E-state index in [1.165, 1.54) is 38.5 Å². The second-order valence-electron chi connectivity index (χ2n) is 13.3. The Morgan fingerprint density at radius 2 is 1.26 bits per heavy atom. The van der Waals surface area contributed by atoms with Crippen LogP contribution in [0.4, 0.5) is 0 Å². The van der Waals surface area contributed by atoms with Crippen LogP contribution in [0.2, 0.25) is 0 Å². The molecule has 0 bridgehead atoms. The van der Waals surface area contributed by atoms with Crippen molar-refractivity contribution in [2.75, 3.05) is 47.5 Å². The monoisotopic (exact) mass is 721 g/mol. The summed E-state index contributed by atoms with van der Waals surface area (Å²) in [7, 11) is 1.09. The highest BCUT2D eigenvalue weighted by Gasteiger charge is 2.21. The Bertz CT molecular complexity index is 1090. The number of phosphoric acid groups is 1. The van der Waals surface area contributed by atoms with E-state index in [-0.39, 0.29) is 26.1 Å². The van der Waals surface area contributed by atoms with Gasteiger partial charge in [-0.2, -0.15) is 0 Å². The SMILES string of the molecule is CC/C=C/C=C/C=C/C=C/CCCCCC(=O)OCC(COP(=O)([O-])OCC[N+](C)(C)C)OC(=O)CC/C=C/C/C=C/CCCCCCCC. The molecule has 2 atom stereocenters. The Kier molecular flexibility index (Phi) is 30.7. The number of hydrogen-bond donors (Lipinski definition) is 0. The first-order valence-electron chi connectivity index (χ1n) is 18.7. The topological polar surface area (TPSA) is 111 Å². The number of carbonyl (C=O) groups excluding carboxylic acids is 2. The maximum absolute atomic E-state index is 12.6. The second-order valence-corrected chi connectivity index (χ2v) is 14.7. The van der Waals surface area contributed by atoms with Crippen LogP contribution in [0.5, 0.6) is 0 Å². The highest BCUT2D eigenvalue weighted by Crippen LogP contribution is 2.38. The summed E-state index contributed by atoms with van der Waals surface area (Å²) < 4.78 is 33.6. The van der Waals surface area contributed by atoms with E-state index in [9.17, 15) is 19.0 Å². The van der Waals surface area contributed by atoms with Crippen molar-refractivity contribution in [1.82, 2.24) is 0 Å². The van der Waals surface area contributed by atoms with Crippen molar-refractivity contribution >= 4 is 19.8 Å². The van der Waals surface area contributed by atoms with Crippen molar-refractivity contribution in [2.24, 2.45) is 0 Å². The third kappa shape index (κ3) is 35.3. The standard InChI is InChI=1S/C40H68NO8P/c1-6-8-10-12-14-16-18-20-22-24-26-28-30-32-39(42)46-36-38(37-48-50(44,45)47-35-34-41(3,4)5)49-40(43)33-31-29-27-25-23-21-19-17-15-13-11-9-7-2/h8,10,12,14,16,18,20-23,27,29,38H,6-7,9,11,13,15,17,19,24-26,28,30-37H2,1-5H3/b10-8+,14-12+,18-16+,22-20+,23-21+,29-27+. The van der Waals surface area contributed by atoms with Crippen molar-refractivity contribution < 1.29 is 42.1 Å². The summed E-state index contributed by atoms with van der Waals surface area (Å²) >= 11 is 0. The zero-order chi connectivity index (χ0) is 37.2. The van der Waals surface area contributed by atoms with Gasteiger partial charge in [0.1, 0.15) is 19.8 Å². The molecular weight excluding hydrogens is 653 g/mol. The van der Waals surface area contributed by atoms with E-state index in [0.29, 0.717) is 23.9 Å². The number of phosphoric ester groups is 1. The molecule has 286 valence electrons. The van der Waals surface area contributed by atoms with Crippen LogP contribution >= 0.6 is 7.82 Å². The lowest BCUT2D eigenvalue weighted by Gasteiger charge is -2.28. The van der Waals surface area contributed by atoms with Crippen LogP contribution in [-0.2, 0) is 32.7 Å². The lowest BCUT2D eigenvalue weighted by Crippen LogP contribution is -2.37. The molecular formula is C40H68NO8P. The number of rotatable bonds is 32. The van der Waals surface area contributed by atoms with E-state index in [1.54, 1.807) is 0 Å². The third-order valence-electron chi connectivity index (χ3n) is 7.32. The highest BCUT2D eigenvalue weighted by atomic mass is 31.2. The molecule has 10 heteroatoms. The van der Waals surface area contributed by atoms with Gasteiger partial charge in [-0.15, -0.1) is 0 Å². The lowest BCUT2D eigenvalue weighted by atomic mass is 10.1. The first-order valence-corrected chi connectivity index (χ1v) is 20.2. The Hall–Kier alpha value is -2.55. The first-order chi connectivity index (χ1) is 24.0. The predicted molar refractivity (Wildman–Crippen MR) is 203 cm³/mol. The number of nitrogens with zero attached hydrogens (tertiary/aromatic N) is 1. The molecule has 0 aromatic carbocycles. The van der Waals surface area contributed by atoms with Gasteiger partial charge in [0.15, 0.2) is 6.10 Å². The molecule has 0 saturated carbocycles. The molecule has 0 radical (unpaired) electrons. The van der Waals surface area contributed by atoms with Gasteiger partial charge in [-0.3, -0.25) is 14.2 Å². The highest BCUT2D eigenvalue weighted by molar-refractivity contribution is 7.45. The fraction of sp³-hybridized carbons (Fsp3) is 0.650. The van der Waals surface area contributed by atoms with E-state index in [2.05, 4.69) is 38.2 Å². The molecule has 0 aliphatic carbocycles. The molecule has 0 amide bonds. The van der Waals surface area contributed by atoms with Crippen LogP contribution in [-0.4, -0.2) is 70.0 Å². The van der Waals surface area contributed by atoms with Gasteiger partial charge in [-0.25, -0.2) is 0 Å². The van der Waals surface area contributed by atoms with Gasteiger partial charge in [0.2, 0.25) is 0 Å². The molecule has 0 aromatic heterocycles. The van der Waals surface area contributed by atoms with Gasteiger partial charge in [-0.1, -0.05) is 125 Å². The quantitative estimate of drug-likeness (QED) is 0.0169. The normalized spacial score (nSPS) is 14.6. The largest absolute Gasteiger partial charge is 0.756 e. The average molecular weight is 722 g/mol. The Morgan fingerprint density at radius 1 is 0.660 bits per heavy atom. The minimum absolute atomic E-state index is 0.0505. The van der Waals surface area contributed by atoms with E-state index < -0.39 is 32.5 Å². The first kappa shape index (κ1) is 47.4. The van der Waals surface area contributed by atoms with Gasteiger partial charge in [0, 0.05) is 12.8 Å². The molecule has 0 aromatic rings. The molecule has 50 heavy (non-hydrogen) atoms. The van der Waals surface area contributed by atoms with Gasteiger partial charge in [-0.05, 0) is 51.4 Å². The lowest BCUT2D eigenvalue weighted by molar-refractivity contribution is -0.870. The van der Waals surface area contributed by atoms with Gasteiger partial charge in [0.25, 0.3) is 7.82 Å². The minimum atomic E-state index is -4.64. The zero-order valence-corrected chi connectivity index (χ0v) is 32.7. The Balaban J connectivity index is 4.63. The smallest absolute Gasteiger partial charge is 0.306 e. The average Bonchev–Trinajstić information content (AvgIpc) is 3.06. The van der Waals surface area contributed by atoms with Gasteiger partial charge < -0.3 is 27.9 Å². The molecule has 2 unspecified atom stereocenters. The summed E-state index contributed by atoms with van der Waals surface area (Å²) in [5.41, 5.74) is 0. The van der Waals surface area contributed by atoms with Crippen LogP contribution < -0.4 is 4.89 Å². The summed E-state index contributed by atoms with van der Waals surface area (Å²) in [6.07, 6.45) is 38.1. The molecule has 0 N–H and O–H groups in total. The Morgan fingerprint density at radius 3 is 1.94 bits per heavy atom. The third-order valence-corrected chi connectivity index (χ3v) is 8.28. The summed E-state index contributed by atoms with van der Waals surface area (Å²) in [6.45, 7) is 3.92. The Labute approximate surface area is 304 Å². The molecule has 0 spiro atoms. The van der Waals surface area contributed by atoms with Crippen molar-refractivity contribution in [2.45, 2.75) is 123 Å². The summed E-state index contributed by atoms with van der Waals surface area (Å²) in [4.78, 5) is 37.2. The number of allylic oxidation sites excluding steroid dienone is 12. The summed E-state index contributed by atoms with van der Waals surface area (Å²) in [5, 5.41) is 0. The van der Waals surface area contributed by atoms with Crippen LogP contribution in [0.3, 0.4) is 0 Å². The summed E-state index contributed by atoms with van der Waals surface area (Å²) in [6, 6.07) is 0. The summed E-state index contributed by atoms with van der Waals surface area (Å²) in [5.74, 6) is -0.970. The number of ether oxygens (including phenoxy) is 2. The minimum Gasteiger partial charge on any atom is -0.756 e. The van der Waals surface area contributed by atoms with Crippen molar-refractivity contribution in [1.29, 1.82) is 0 Å². The predicted octanol–water partition coefficient (Wildman–Crippen LogP) is 9.27. The molecule has 9 nitrogen and oxygen atoms in total. The van der Waals surface area contributed by atoms with Crippen molar-refractivity contribution in [3.05, 3.63) is 72.9 Å². The molecule has 0 aliphatic rings. The fourth-order valence-electron chi connectivity index (χ4n) is 4.36. The number of esters is 2. The van der Waals surface area contributed by atoms with Crippen molar-refractivity contribution in [3.8, 4) is 0 Å². The van der Waals surface area contributed by atoms with Crippen LogP contribution in [0, 0.1) is 0 Å². The van der Waals surface area contributed by atoms with E-state index in [0.717, 1.165) is 38.5 Å². The zero-order valence-electron chi connectivity index (χ0n) is 31.8. The number of likely N-dealkylation sites (N-methyl/N-ethyl adjacent to an activating group) is 1. The number of unbranched alkanes of at least 4 members (excludes halogenated alkanes) is 9.